The molecule has 0 aliphatic heterocycles. The summed E-state index contributed by atoms with van der Waals surface area (Å²) in [5, 5.41) is 2.53. The van der Waals surface area contributed by atoms with Crippen LogP contribution in [0.5, 0.6) is 0 Å². The monoisotopic (exact) mass is 317 g/mol. The van der Waals surface area contributed by atoms with Crippen molar-refractivity contribution in [2.75, 3.05) is 5.32 Å². The summed E-state index contributed by atoms with van der Waals surface area (Å²) < 4.78 is 37.2. The van der Waals surface area contributed by atoms with Crippen LogP contribution in [-0.4, -0.2) is 15.9 Å². The lowest BCUT2D eigenvalue weighted by Crippen LogP contribution is -2.53. The maximum atomic E-state index is 12.4. The number of hydrogen-bond donors (Lipinski definition) is 2. The number of carbonyl (C=O) groups is 1. The van der Waals surface area contributed by atoms with E-state index in [9.17, 15) is 18.0 Å². The lowest BCUT2D eigenvalue weighted by molar-refractivity contribution is -0.141. The number of alkyl halides is 3. The van der Waals surface area contributed by atoms with Gasteiger partial charge in [-0.05, 0) is 30.9 Å². The molecule has 1 aromatic rings. The second-order valence-electron chi connectivity index (χ2n) is 5.34. The molecule has 1 amide bonds. The Morgan fingerprint density at radius 2 is 2.10 bits per heavy atom. The fourth-order valence-electron chi connectivity index (χ4n) is 2.51. The van der Waals surface area contributed by atoms with Crippen LogP contribution in [0.25, 0.3) is 0 Å². The SMILES string of the molecule is CC1CC(C(=O)Nc2ccc(C(F)(F)F)nc2)(C(N)=S)C1. The van der Waals surface area contributed by atoms with Crippen molar-refractivity contribution < 1.29 is 18.0 Å². The van der Waals surface area contributed by atoms with Gasteiger partial charge in [0.1, 0.15) is 5.69 Å². The molecule has 0 radical (unpaired) electrons. The van der Waals surface area contributed by atoms with E-state index in [1.165, 1.54) is 0 Å². The van der Waals surface area contributed by atoms with Crippen LogP contribution in [0.1, 0.15) is 25.5 Å². The van der Waals surface area contributed by atoms with Crippen molar-refractivity contribution in [2.45, 2.75) is 25.9 Å². The van der Waals surface area contributed by atoms with Crippen molar-refractivity contribution in [3.8, 4) is 0 Å². The predicted molar refractivity (Wildman–Crippen MR) is 75.5 cm³/mol. The quantitative estimate of drug-likeness (QED) is 0.841. The molecule has 0 aromatic carbocycles. The minimum Gasteiger partial charge on any atom is -0.392 e. The highest BCUT2D eigenvalue weighted by molar-refractivity contribution is 7.80. The molecule has 8 heteroatoms. The largest absolute Gasteiger partial charge is 0.433 e. The molecule has 1 aliphatic carbocycles. The van der Waals surface area contributed by atoms with E-state index in [-0.39, 0.29) is 10.7 Å². The molecule has 0 atom stereocenters. The molecular weight excluding hydrogens is 303 g/mol. The van der Waals surface area contributed by atoms with E-state index in [0.29, 0.717) is 18.8 Å². The van der Waals surface area contributed by atoms with E-state index in [0.717, 1.165) is 18.3 Å². The van der Waals surface area contributed by atoms with E-state index >= 15 is 0 Å². The van der Waals surface area contributed by atoms with Gasteiger partial charge in [0.25, 0.3) is 0 Å². The average molecular weight is 317 g/mol. The minimum absolute atomic E-state index is 0.109. The number of halogens is 3. The Hall–Kier alpha value is -1.70. The van der Waals surface area contributed by atoms with Crippen molar-refractivity contribution >= 4 is 28.8 Å². The van der Waals surface area contributed by atoms with Crippen molar-refractivity contribution in [3.05, 3.63) is 24.0 Å². The molecule has 1 heterocycles. The molecule has 21 heavy (non-hydrogen) atoms. The summed E-state index contributed by atoms with van der Waals surface area (Å²) in [5.74, 6) is -0.0577. The van der Waals surface area contributed by atoms with Gasteiger partial charge in [0.2, 0.25) is 5.91 Å². The maximum absolute atomic E-state index is 12.4. The maximum Gasteiger partial charge on any atom is 0.433 e. The lowest BCUT2D eigenvalue weighted by atomic mass is 9.62. The summed E-state index contributed by atoms with van der Waals surface area (Å²) in [6.07, 6.45) is -2.45. The van der Waals surface area contributed by atoms with Crippen molar-refractivity contribution in [2.24, 2.45) is 17.1 Å². The van der Waals surface area contributed by atoms with E-state index < -0.39 is 23.2 Å². The molecule has 1 aromatic heterocycles. The zero-order chi connectivity index (χ0) is 15.8. The van der Waals surface area contributed by atoms with Gasteiger partial charge < -0.3 is 11.1 Å². The van der Waals surface area contributed by atoms with Gasteiger partial charge in [0.15, 0.2) is 0 Å². The number of amides is 1. The lowest BCUT2D eigenvalue weighted by Gasteiger charge is -2.44. The van der Waals surface area contributed by atoms with Crippen LogP contribution in [0.3, 0.4) is 0 Å². The topological polar surface area (TPSA) is 68.0 Å². The average Bonchev–Trinajstić information content (AvgIpc) is 2.33. The summed E-state index contributed by atoms with van der Waals surface area (Å²) in [4.78, 5) is 15.7. The Morgan fingerprint density at radius 3 is 2.48 bits per heavy atom. The third-order valence-corrected chi connectivity index (χ3v) is 4.00. The first-order chi connectivity index (χ1) is 9.65. The summed E-state index contributed by atoms with van der Waals surface area (Å²) in [7, 11) is 0. The molecule has 0 unspecified atom stereocenters. The Kier molecular flexibility index (Phi) is 3.92. The molecular formula is C13H14F3N3OS. The molecule has 1 saturated carbocycles. The van der Waals surface area contributed by atoms with Gasteiger partial charge in [0, 0.05) is 0 Å². The third-order valence-electron chi connectivity index (χ3n) is 3.61. The highest BCUT2D eigenvalue weighted by Crippen LogP contribution is 2.46. The van der Waals surface area contributed by atoms with E-state index in [1.54, 1.807) is 0 Å². The number of nitrogens with one attached hydrogen (secondary N) is 1. The Labute approximate surface area is 124 Å². The van der Waals surface area contributed by atoms with Crippen LogP contribution in [-0.2, 0) is 11.0 Å². The summed E-state index contributed by atoms with van der Waals surface area (Å²) in [5.41, 5.74) is 3.90. The van der Waals surface area contributed by atoms with Crippen LogP contribution in [0, 0.1) is 11.3 Å². The standard InChI is InChI=1S/C13H14F3N3OS/c1-7-4-12(5-7,10(17)21)11(20)19-8-2-3-9(18-6-8)13(14,15)16/h2-3,6-7H,4-5H2,1H3,(H2,17,21)(H,19,20). The summed E-state index contributed by atoms with van der Waals surface area (Å²) in [6, 6.07) is 1.97. The minimum atomic E-state index is -4.51. The van der Waals surface area contributed by atoms with Gasteiger partial charge in [-0.25, -0.2) is 4.98 Å². The molecule has 4 nitrogen and oxygen atoms in total. The van der Waals surface area contributed by atoms with Crippen molar-refractivity contribution in [1.29, 1.82) is 0 Å². The van der Waals surface area contributed by atoms with Gasteiger partial charge in [-0.1, -0.05) is 19.1 Å². The molecule has 0 bridgehead atoms. The fraction of sp³-hybridized carbons (Fsp3) is 0.462. The van der Waals surface area contributed by atoms with Crippen molar-refractivity contribution in [1.82, 2.24) is 4.98 Å². The van der Waals surface area contributed by atoms with Gasteiger partial charge in [0.05, 0.1) is 22.3 Å². The number of nitrogens with zero attached hydrogens (tertiary/aromatic N) is 1. The summed E-state index contributed by atoms with van der Waals surface area (Å²) in [6.45, 7) is 1.98. The Bertz CT molecular complexity index is 565. The highest BCUT2D eigenvalue weighted by Gasteiger charge is 2.50. The molecule has 0 saturated heterocycles. The number of anilines is 1. The molecule has 0 spiro atoms. The number of hydrogen-bond acceptors (Lipinski definition) is 3. The molecule has 3 N–H and O–H groups in total. The zero-order valence-electron chi connectivity index (χ0n) is 11.2. The van der Waals surface area contributed by atoms with Crippen LogP contribution < -0.4 is 11.1 Å². The number of thiocarbonyl (C=S) groups is 1. The molecule has 1 aliphatic rings. The van der Waals surface area contributed by atoms with Crippen LogP contribution in [0.2, 0.25) is 0 Å². The van der Waals surface area contributed by atoms with E-state index in [2.05, 4.69) is 10.3 Å². The summed E-state index contributed by atoms with van der Waals surface area (Å²) >= 11 is 4.95. The first-order valence-electron chi connectivity index (χ1n) is 6.30. The van der Waals surface area contributed by atoms with Crippen molar-refractivity contribution in [3.63, 3.8) is 0 Å². The van der Waals surface area contributed by atoms with Gasteiger partial charge in [-0.15, -0.1) is 0 Å². The van der Waals surface area contributed by atoms with E-state index in [4.69, 9.17) is 18.0 Å². The van der Waals surface area contributed by atoms with Crippen LogP contribution >= 0.6 is 12.2 Å². The van der Waals surface area contributed by atoms with Crippen LogP contribution in [0.4, 0.5) is 18.9 Å². The smallest absolute Gasteiger partial charge is 0.392 e. The number of rotatable bonds is 3. The number of nitrogens with two attached hydrogens (primary N) is 1. The predicted octanol–water partition coefficient (Wildman–Crippen LogP) is 2.74. The van der Waals surface area contributed by atoms with Gasteiger partial charge >= 0.3 is 6.18 Å². The van der Waals surface area contributed by atoms with Gasteiger partial charge in [-0.3, -0.25) is 4.79 Å². The number of carbonyl (C=O) groups excluding carboxylic acids is 1. The molecule has 1 fully saturated rings. The highest BCUT2D eigenvalue weighted by atomic mass is 32.1. The number of pyridine rings is 1. The Balaban J connectivity index is 2.11. The Morgan fingerprint density at radius 1 is 1.48 bits per heavy atom. The molecule has 114 valence electrons. The van der Waals surface area contributed by atoms with Gasteiger partial charge in [-0.2, -0.15) is 13.2 Å². The van der Waals surface area contributed by atoms with E-state index in [1.807, 2.05) is 6.92 Å². The van der Waals surface area contributed by atoms with Crippen LogP contribution in [0.15, 0.2) is 18.3 Å². The normalized spacial score (nSPS) is 25.0. The first kappa shape index (κ1) is 15.7. The zero-order valence-corrected chi connectivity index (χ0v) is 12.0. The number of aromatic nitrogens is 1. The third kappa shape index (κ3) is 2.99. The second kappa shape index (κ2) is 5.25. The molecule has 2 rings (SSSR count). The first-order valence-corrected chi connectivity index (χ1v) is 6.70. The fourth-order valence-corrected chi connectivity index (χ4v) is 2.77. The second-order valence-corrected chi connectivity index (χ2v) is 5.78.